The van der Waals surface area contributed by atoms with E-state index in [1.54, 1.807) is 18.2 Å². The number of rotatable bonds is 3. The fourth-order valence-corrected chi connectivity index (χ4v) is 2.27. The summed E-state index contributed by atoms with van der Waals surface area (Å²) in [6.07, 6.45) is 0.478. The number of ether oxygens (including phenoxy) is 1. The number of carbonyl (C=O) groups is 1. The maximum absolute atomic E-state index is 13.6. The molecule has 4 nitrogen and oxygen atoms in total. The number of nitrogens with one attached hydrogen (secondary N) is 1. The monoisotopic (exact) mass is 253 g/mol. The summed E-state index contributed by atoms with van der Waals surface area (Å²) in [5, 5.41) is 12.3. The minimum Gasteiger partial charge on any atom is -0.480 e. The highest BCUT2D eigenvalue weighted by Crippen LogP contribution is 2.30. The maximum Gasteiger partial charge on any atom is 0.329 e. The van der Waals surface area contributed by atoms with Crippen molar-refractivity contribution >= 4 is 11.7 Å². The van der Waals surface area contributed by atoms with Gasteiger partial charge in [0.05, 0.1) is 11.8 Å². The van der Waals surface area contributed by atoms with Gasteiger partial charge in [0.25, 0.3) is 0 Å². The van der Waals surface area contributed by atoms with Gasteiger partial charge in [-0.25, -0.2) is 9.18 Å². The summed E-state index contributed by atoms with van der Waals surface area (Å²) in [5.41, 5.74) is -0.936. The van der Waals surface area contributed by atoms with Gasteiger partial charge in [-0.05, 0) is 19.1 Å². The third-order valence-corrected chi connectivity index (χ3v) is 3.22. The van der Waals surface area contributed by atoms with Gasteiger partial charge in [0, 0.05) is 19.4 Å². The third-order valence-electron chi connectivity index (χ3n) is 3.22. The Morgan fingerprint density at radius 1 is 1.56 bits per heavy atom. The van der Waals surface area contributed by atoms with Gasteiger partial charge in [-0.15, -0.1) is 0 Å². The molecule has 1 fully saturated rings. The van der Waals surface area contributed by atoms with Gasteiger partial charge < -0.3 is 15.2 Å². The normalized spacial score (nSPS) is 27.8. The molecule has 2 N–H and O–H groups in total. The van der Waals surface area contributed by atoms with Crippen molar-refractivity contribution in [1.82, 2.24) is 0 Å². The first-order chi connectivity index (χ1) is 8.53. The summed E-state index contributed by atoms with van der Waals surface area (Å²) < 4.78 is 18.9. The van der Waals surface area contributed by atoms with Crippen LogP contribution in [0.1, 0.15) is 19.8 Å². The molecular formula is C13H16FNO3. The lowest BCUT2D eigenvalue weighted by molar-refractivity contribution is -0.147. The van der Waals surface area contributed by atoms with Crippen LogP contribution in [0, 0.1) is 5.82 Å². The molecule has 1 aliphatic rings. The van der Waals surface area contributed by atoms with Crippen molar-refractivity contribution in [1.29, 1.82) is 0 Å². The quantitative estimate of drug-likeness (QED) is 0.867. The van der Waals surface area contributed by atoms with Crippen LogP contribution in [-0.2, 0) is 9.53 Å². The minimum absolute atomic E-state index is 0.158. The van der Waals surface area contributed by atoms with Crippen LogP contribution < -0.4 is 5.32 Å². The summed E-state index contributed by atoms with van der Waals surface area (Å²) in [7, 11) is 0. The molecule has 5 heteroatoms. The SMILES string of the molecule is CC1CC(Nc2ccccc2F)(C(=O)O)CCO1. The molecular weight excluding hydrogens is 237 g/mol. The molecule has 2 atom stereocenters. The van der Waals surface area contributed by atoms with E-state index in [9.17, 15) is 14.3 Å². The van der Waals surface area contributed by atoms with Gasteiger partial charge in [-0.2, -0.15) is 0 Å². The van der Waals surface area contributed by atoms with Gasteiger partial charge in [-0.3, -0.25) is 0 Å². The van der Waals surface area contributed by atoms with Crippen molar-refractivity contribution in [2.45, 2.75) is 31.4 Å². The van der Waals surface area contributed by atoms with Gasteiger partial charge in [-0.1, -0.05) is 12.1 Å². The van der Waals surface area contributed by atoms with Crippen LogP contribution in [0.4, 0.5) is 10.1 Å². The second kappa shape index (κ2) is 4.94. The van der Waals surface area contributed by atoms with Crippen LogP contribution in [0.2, 0.25) is 0 Å². The van der Waals surface area contributed by atoms with Crippen LogP contribution >= 0.6 is 0 Å². The number of halogens is 1. The summed E-state index contributed by atoms with van der Waals surface area (Å²) in [4.78, 5) is 11.5. The minimum atomic E-state index is -1.15. The van der Waals surface area contributed by atoms with Crippen molar-refractivity contribution in [3.05, 3.63) is 30.1 Å². The molecule has 2 rings (SSSR count). The lowest BCUT2D eigenvalue weighted by Gasteiger charge is -2.37. The molecule has 1 heterocycles. The van der Waals surface area contributed by atoms with E-state index in [2.05, 4.69) is 5.32 Å². The molecule has 98 valence electrons. The Labute approximate surface area is 105 Å². The van der Waals surface area contributed by atoms with E-state index >= 15 is 0 Å². The number of anilines is 1. The summed E-state index contributed by atoms with van der Waals surface area (Å²) in [6, 6.07) is 6.09. The number of hydrogen-bond donors (Lipinski definition) is 2. The number of hydrogen-bond acceptors (Lipinski definition) is 3. The number of aliphatic carboxylic acids is 1. The zero-order valence-corrected chi connectivity index (χ0v) is 10.1. The van der Waals surface area contributed by atoms with Crippen molar-refractivity contribution < 1.29 is 19.0 Å². The molecule has 1 aliphatic heterocycles. The Bertz CT molecular complexity index is 452. The van der Waals surface area contributed by atoms with Crippen LogP contribution in [0.5, 0.6) is 0 Å². The predicted octanol–water partition coefficient (Wildman–Crippen LogP) is 2.26. The molecule has 0 spiro atoms. The van der Waals surface area contributed by atoms with Gasteiger partial charge in [0.15, 0.2) is 0 Å². The highest BCUT2D eigenvalue weighted by Gasteiger charge is 2.43. The average Bonchev–Trinajstić information content (AvgIpc) is 2.32. The standard InChI is InChI=1S/C13H16FNO3/c1-9-8-13(12(16)17,6-7-18-9)15-11-5-3-2-4-10(11)14/h2-5,9,15H,6-8H2,1H3,(H,16,17). The Morgan fingerprint density at radius 2 is 2.28 bits per heavy atom. The molecule has 1 aromatic rings. The smallest absolute Gasteiger partial charge is 0.329 e. The Hall–Kier alpha value is -1.62. The lowest BCUT2D eigenvalue weighted by atomic mass is 9.86. The molecule has 0 amide bonds. The molecule has 0 bridgehead atoms. The van der Waals surface area contributed by atoms with Crippen molar-refractivity contribution in [2.75, 3.05) is 11.9 Å². The van der Waals surface area contributed by atoms with E-state index in [4.69, 9.17) is 4.74 Å². The Balaban J connectivity index is 2.26. The molecule has 0 saturated carbocycles. The number of carboxylic acids is 1. The van der Waals surface area contributed by atoms with E-state index in [1.807, 2.05) is 6.92 Å². The first-order valence-corrected chi connectivity index (χ1v) is 5.91. The zero-order valence-electron chi connectivity index (χ0n) is 10.1. The molecule has 0 radical (unpaired) electrons. The first kappa shape index (κ1) is 12.8. The molecule has 2 unspecified atom stereocenters. The molecule has 1 aromatic carbocycles. The average molecular weight is 253 g/mol. The van der Waals surface area contributed by atoms with Crippen LogP contribution in [0.25, 0.3) is 0 Å². The fourth-order valence-electron chi connectivity index (χ4n) is 2.27. The molecule has 0 aromatic heterocycles. The predicted molar refractivity (Wildman–Crippen MR) is 65.0 cm³/mol. The largest absolute Gasteiger partial charge is 0.480 e. The lowest BCUT2D eigenvalue weighted by Crippen LogP contribution is -2.52. The Morgan fingerprint density at radius 3 is 2.89 bits per heavy atom. The topological polar surface area (TPSA) is 58.6 Å². The van der Waals surface area contributed by atoms with Gasteiger partial charge >= 0.3 is 5.97 Å². The number of carboxylic acid groups (broad SMARTS) is 1. The van der Waals surface area contributed by atoms with E-state index in [0.717, 1.165) is 0 Å². The third kappa shape index (κ3) is 2.46. The molecule has 0 aliphatic carbocycles. The van der Waals surface area contributed by atoms with Crippen molar-refractivity contribution in [2.24, 2.45) is 0 Å². The second-order valence-corrected chi connectivity index (χ2v) is 4.63. The van der Waals surface area contributed by atoms with E-state index in [-0.39, 0.29) is 11.8 Å². The van der Waals surface area contributed by atoms with E-state index < -0.39 is 17.3 Å². The van der Waals surface area contributed by atoms with Crippen LogP contribution in [0.3, 0.4) is 0 Å². The van der Waals surface area contributed by atoms with Crippen LogP contribution in [-0.4, -0.2) is 29.3 Å². The molecule has 1 saturated heterocycles. The Kier molecular flexibility index (Phi) is 3.52. The van der Waals surface area contributed by atoms with Gasteiger partial charge in [0.2, 0.25) is 0 Å². The van der Waals surface area contributed by atoms with Crippen molar-refractivity contribution in [3.63, 3.8) is 0 Å². The highest BCUT2D eigenvalue weighted by atomic mass is 19.1. The summed E-state index contributed by atoms with van der Waals surface area (Å²) in [5.74, 6) is -1.42. The summed E-state index contributed by atoms with van der Waals surface area (Å²) in [6.45, 7) is 2.18. The summed E-state index contributed by atoms with van der Waals surface area (Å²) >= 11 is 0. The first-order valence-electron chi connectivity index (χ1n) is 5.91. The zero-order chi connectivity index (χ0) is 13.2. The van der Waals surface area contributed by atoms with E-state index in [1.165, 1.54) is 6.07 Å². The second-order valence-electron chi connectivity index (χ2n) is 4.63. The molecule has 18 heavy (non-hydrogen) atoms. The number of para-hydroxylation sites is 1. The van der Waals surface area contributed by atoms with Crippen LogP contribution in [0.15, 0.2) is 24.3 Å². The maximum atomic E-state index is 13.6. The van der Waals surface area contributed by atoms with Gasteiger partial charge in [0.1, 0.15) is 11.4 Å². The van der Waals surface area contributed by atoms with E-state index in [0.29, 0.717) is 19.4 Å². The van der Waals surface area contributed by atoms with Crippen molar-refractivity contribution in [3.8, 4) is 0 Å². The fraction of sp³-hybridized carbons (Fsp3) is 0.462. The number of benzene rings is 1. The highest BCUT2D eigenvalue weighted by molar-refractivity contribution is 5.83.